The standard InChI is InChI=1S/C12H11N3S/c13-9-4-6-10(7-5-9)15-12(16)11-3-1-2-8-14-11/h1-8H,13H2,(H,15,16). The number of thiocarbonyl (C=S) groups is 1. The van der Waals surface area contributed by atoms with Crippen LogP contribution in [0, 0.1) is 0 Å². The highest BCUT2D eigenvalue weighted by Gasteiger charge is 2.01. The molecule has 0 fully saturated rings. The predicted octanol–water partition coefficient (Wildman–Crippen LogP) is 2.45. The molecule has 0 saturated heterocycles. The summed E-state index contributed by atoms with van der Waals surface area (Å²) in [5.74, 6) is 0. The topological polar surface area (TPSA) is 50.9 Å². The fourth-order valence-corrected chi connectivity index (χ4v) is 1.50. The molecule has 2 aromatic rings. The minimum Gasteiger partial charge on any atom is -0.399 e. The van der Waals surface area contributed by atoms with Gasteiger partial charge in [-0.1, -0.05) is 18.3 Å². The molecule has 0 saturated carbocycles. The summed E-state index contributed by atoms with van der Waals surface area (Å²) in [6, 6.07) is 13.0. The predicted molar refractivity (Wildman–Crippen MR) is 70.4 cm³/mol. The van der Waals surface area contributed by atoms with Gasteiger partial charge < -0.3 is 11.1 Å². The first-order valence-corrected chi connectivity index (χ1v) is 5.24. The van der Waals surface area contributed by atoms with Crippen LogP contribution in [0.2, 0.25) is 0 Å². The lowest BCUT2D eigenvalue weighted by atomic mass is 10.2. The van der Waals surface area contributed by atoms with Crippen molar-refractivity contribution in [3.05, 3.63) is 54.4 Å². The first-order valence-electron chi connectivity index (χ1n) is 4.83. The quantitative estimate of drug-likeness (QED) is 0.613. The maximum atomic E-state index is 5.60. The zero-order valence-electron chi connectivity index (χ0n) is 8.55. The largest absolute Gasteiger partial charge is 0.399 e. The highest BCUT2D eigenvalue weighted by atomic mass is 32.1. The molecule has 0 bridgehead atoms. The number of rotatable bonds is 2. The third-order valence-electron chi connectivity index (χ3n) is 2.07. The van der Waals surface area contributed by atoms with Crippen LogP contribution in [0.4, 0.5) is 11.4 Å². The van der Waals surface area contributed by atoms with Crippen LogP contribution in [0.5, 0.6) is 0 Å². The second-order valence-corrected chi connectivity index (χ2v) is 3.70. The number of pyridine rings is 1. The van der Waals surface area contributed by atoms with Crippen LogP contribution in [-0.4, -0.2) is 9.97 Å². The second-order valence-electron chi connectivity index (χ2n) is 3.29. The van der Waals surface area contributed by atoms with E-state index in [1.165, 1.54) is 0 Å². The lowest BCUT2D eigenvalue weighted by molar-refractivity contribution is 1.30. The zero-order chi connectivity index (χ0) is 11.4. The van der Waals surface area contributed by atoms with Crippen molar-refractivity contribution in [2.24, 2.45) is 0 Å². The molecule has 0 atom stereocenters. The van der Waals surface area contributed by atoms with Crippen molar-refractivity contribution < 1.29 is 0 Å². The lowest BCUT2D eigenvalue weighted by Gasteiger charge is -2.07. The molecule has 80 valence electrons. The molecule has 0 aliphatic rings. The van der Waals surface area contributed by atoms with E-state index < -0.39 is 0 Å². The molecule has 3 nitrogen and oxygen atoms in total. The highest BCUT2D eigenvalue weighted by Crippen LogP contribution is 2.11. The average Bonchev–Trinajstić information content (AvgIpc) is 2.33. The molecular weight excluding hydrogens is 218 g/mol. The van der Waals surface area contributed by atoms with Crippen LogP contribution in [0.1, 0.15) is 5.69 Å². The van der Waals surface area contributed by atoms with Crippen LogP contribution in [-0.2, 0) is 0 Å². The number of benzene rings is 1. The Hall–Kier alpha value is -1.94. The number of aromatic nitrogens is 1. The minimum atomic E-state index is 0.602. The van der Waals surface area contributed by atoms with E-state index in [9.17, 15) is 0 Å². The van der Waals surface area contributed by atoms with Crippen molar-refractivity contribution >= 4 is 28.6 Å². The SMILES string of the molecule is Nc1ccc(NC(=S)c2ccccn2)cc1. The maximum Gasteiger partial charge on any atom is 0.129 e. The third kappa shape index (κ3) is 2.55. The molecule has 0 spiro atoms. The van der Waals surface area contributed by atoms with Crippen LogP contribution in [0.3, 0.4) is 0 Å². The average molecular weight is 229 g/mol. The van der Waals surface area contributed by atoms with Gasteiger partial charge in [-0.05, 0) is 36.4 Å². The molecule has 0 amide bonds. The van der Waals surface area contributed by atoms with Gasteiger partial charge in [0.1, 0.15) is 4.99 Å². The van der Waals surface area contributed by atoms with E-state index in [2.05, 4.69) is 10.3 Å². The van der Waals surface area contributed by atoms with E-state index in [4.69, 9.17) is 18.0 Å². The monoisotopic (exact) mass is 229 g/mol. The molecule has 1 aromatic carbocycles. The Morgan fingerprint density at radius 3 is 2.50 bits per heavy atom. The van der Waals surface area contributed by atoms with E-state index >= 15 is 0 Å². The minimum absolute atomic E-state index is 0.602. The van der Waals surface area contributed by atoms with Gasteiger partial charge in [-0.25, -0.2) is 0 Å². The molecule has 0 radical (unpaired) electrons. The first kappa shape index (κ1) is 10.6. The fraction of sp³-hybridized carbons (Fsp3) is 0. The smallest absolute Gasteiger partial charge is 0.129 e. The molecule has 0 unspecified atom stereocenters. The molecule has 0 aliphatic heterocycles. The molecule has 2 rings (SSSR count). The first-order chi connectivity index (χ1) is 7.75. The summed E-state index contributed by atoms with van der Waals surface area (Å²) in [6.07, 6.45) is 1.71. The zero-order valence-corrected chi connectivity index (χ0v) is 9.37. The Balaban J connectivity index is 2.11. The summed E-state index contributed by atoms with van der Waals surface area (Å²) < 4.78 is 0. The van der Waals surface area contributed by atoms with Crippen LogP contribution in [0.15, 0.2) is 48.7 Å². The van der Waals surface area contributed by atoms with Gasteiger partial charge in [-0.15, -0.1) is 0 Å². The van der Waals surface area contributed by atoms with Crippen LogP contribution < -0.4 is 11.1 Å². The fourth-order valence-electron chi connectivity index (χ4n) is 1.26. The number of hydrogen-bond donors (Lipinski definition) is 2. The van der Waals surface area contributed by atoms with E-state index in [1.54, 1.807) is 6.20 Å². The van der Waals surface area contributed by atoms with Crippen molar-refractivity contribution in [3.8, 4) is 0 Å². The Bertz CT molecular complexity index is 479. The Labute approximate surface area is 99.3 Å². The Morgan fingerprint density at radius 2 is 1.88 bits per heavy atom. The molecule has 1 heterocycles. The Kier molecular flexibility index (Phi) is 3.12. The van der Waals surface area contributed by atoms with Crippen LogP contribution >= 0.6 is 12.2 Å². The highest BCUT2D eigenvalue weighted by molar-refractivity contribution is 7.81. The molecule has 0 aliphatic carbocycles. The molecular formula is C12H11N3S. The van der Waals surface area contributed by atoms with Gasteiger partial charge in [0, 0.05) is 17.6 Å². The second kappa shape index (κ2) is 4.72. The number of nitrogen functional groups attached to an aromatic ring is 1. The number of nitrogens with zero attached hydrogens (tertiary/aromatic N) is 1. The van der Waals surface area contributed by atoms with E-state index in [0.717, 1.165) is 17.1 Å². The van der Waals surface area contributed by atoms with Crippen molar-refractivity contribution in [2.75, 3.05) is 11.1 Å². The number of nitrogens with two attached hydrogens (primary N) is 1. The molecule has 1 aromatic heterocycles. The molecule has 3 N–H and O–H groups in total. The van der Waals surface area contributed by atoms with Gasteiger partial charge in [-0.3, -0.25) is 4.98 Å². The molecule has 16 heavy (non-hydrogen) atoms. The van der Waals surface area contributed by atoms with Gasteiger partial charge >= 0.3 is 0 Å². The van der Waals surface area contributed by atoms with Gasteiger partial charge in [0.25, 0.3) is 0 Å². The number of hydrogen-bond acceptors (Lipinski definition) is 3. The summed E-state index contributed by atoms with van der Waals surface area (Å²) in [4.78, 5) is 4.77. The third-order valence-corrected chi connectivity index (χ3v) is 2.38. The lowest BCUT2D eigenvalue weighted by Crippen LogP contribution is -2.11. The van der Waals surface area contributed by atoms with Crippen molar-refractivity contribution in [2.45, 2.75) is 0 Å². The summed E-state index contributed by atoms with van der Waals surface area (Å²) >= 11 is 5.23. The number of nitrogens with one attached hydrogen (secondary N) is 1. The van der Waals surface area contributed by atoms with Gasteiger partial charge in [0.2, 0.25) is 0 Å². The van der Waals surface area contributed by atoms with Gasteiger partial charge in [0.05, 0.1) is 5.69 Å². The van der Waals surface area contributed by atoms with Gasteiger partial charge in [-0.2, -0.15) is 0 Å². The van der Waals surface area contributed by atoms with Crippen molar-refractivity contribution in [3.63, 3.8) is 0 Å². The number of anilines is 2. The van der Waals surface area contributed by atoms with Crippen LogP contribution in [0.25, 0.3) is 0 Å². The normalized spacial score (nSPS) is 9.75. The molecule has 4 heteroatoms. The summed E-state index contributed by atoms with van der Waals surface area (Å²) in [7, 11) is 0. The van der Waals surface area contributed by atoms with Gasteiger partial charge in [0.15, 0.2) is 0 Å². The van der Waals surface area contributed by atoms with E-state index in [-0.39, 0.29) is 0 Å². The summed E-state index contributed by atoms with van der Waals surface area (Å²) in [5, 5.41) is 3.10. The summed E-state index contributed by atoms with van der Waals surface area (Å²) in [6.45, 7) is 0. The van der Waals surface area contributed by atoms with E-state index in [1.807, 2.05) is 42.5 Å². The Morgan fingerprint density at radius 1 is 1.12 bits per heavy atom. The van der Waals surface area contributed by atoms with Crippen molar-refractivity contribution in [1.29, 1.82) is 0 Å². The van der Waals surface area contributed by atoms with Crippen molar-refractivity contribution in [1.82, 2.24) is 4.98 Å². The van der Waals surface area contributed by atoms with E-state index in [0.29, 0.717) is 4.99 Å². The maximum absolute atomic E-state index is 5.60. The summed E-state index contributed by atoms with van der Waals surface area (Å²) in [5.41, 5.74) is 7.99.